The number of hydrogen-bond acceptors (Lipinski definition) is 5. The van der Waals surface area contributed by atoms with Gasteiger partial charge in [0.2, 0.25) is 5.91 Å². The van der Waals surface area contributed by atoms with Crippen molar-refractivity contribution in [2.75, 3.05) is 12.3 Å². The van der Waals surface area contributed by atoms with E-state index in [9.17, 15) is 9.59 Å². The molecule has 1 heterocycles. The van der Waals surface area contributed by atoms with Crippen molar-refractivity contribution in [3.8, 4) is 5.69 Å². The van der Waals surface area contributed by atoms with E-state index in [-0.39, 0.29) is 17.2 Å². The van der Waals surface area contributed by atoms with Gasteiger partial charge in [0.1, 0.15) is 0 Å². The smallest absolute Gasteiger partial charge is 0.266 e. The first-order valence-electron chi connectivity index (χ1n) is 9.04. The first-order valence-corrected chi connectivity index (χ1v) is 10.4. The minimum atomic E-state index is -0.283. The number of thiocarbonyl (C=S) groups is 1. The predicted molar refractivity (Wildman–Crippen MR) is 120 cm³/mol. The molecule has 0 saturated heterocycles. The van der Waals surface area contributed by atoms with E-state index in [1.54, 1.807) is 16.7 Å². The highest BCUT2D eigenvalue weighted by molar-refractivity contribution is 7.99. The summed E-state index contributed by atoms with van der Waals surface area (Å²) in [4.78, 5) is 30.0. The molecule has 0 aliphatic heterocycles. The van der Waals surface area contributed by atoms with Crippen molar-refractivity contribution in [2.24, 2.45) is 0 Å². The number of carbonyl (C=O) groups excluding carboxylic acids is 1. The molecule has 3 rings (SSSR count). The SMILES string of the molecule is CCNC(=S)NNC(=O)CSc1nc2ccccc2c(=O)n1-c1ccccc1C. The van der Waals surface area contributed by atoms with Crippen LogP contribution in [0.2, 0.25) is 0 Å². The average molecular weight is 428 g/mol. The van der Waals surface area contributed by atoms with Gasteiger partial charge in [-0.25, -0.2) is 4.98 Å². The van der Waals surface area contributed by atoms with E-state index < -0.39 is 0 Å². The Labute approximate surface area is 177 Å². The molecule has 1 amide bonds. The molecule has 9 heteroatoms. The Morgan fingerprint density at radius 2 is 1.86 bits per heavy atom. The number of para-hydroxylation sites is 2. The molecule has 29 heavy (non-hydrogen) atoms. The topological polar surface area (TPSA) is 88.1 Å². The summed E-state index contributed by atoms with van der Waals surface area (Å²) in [5.74, 6) is -0.215. The van der Waals surface area contributed by atoms with Crippen LogP contribution in [0.3, 0.4) is 0 Å². The van der Waals surface area contributed by atoms with E-state index in [1.165, 1.54) is 11.8 Å². The van der Waals surface area contributed by atoms with Crippen LogP contribution in [-0.4, -0.2) is 32.9 Å². The number of aryl methyl sites for hydroxylation is 1. The van der Waals surface area contributed by atoms with E-state index in [4.69, 9.17) is 12.2 Å². The van der Waals surface area contributed by atoms with Gasteiger partial charge >= 0.3 is 0 Å². The lowest BCUT2D eigenvalue weighted by molar-refractivity contribution is -0.119. The second-order valence-electron chi connectivity index (χ2n) is 6.16. The minimum absolute atomic E-state index is 0.0679. The molecular formula is C20H21N5O2S2. The third kappa shape index (κ3) is 4.93. The van der Waals surface area contributed by atoms with Crippen LogP contribution in [0.15, 0.2) is 58.5 Å². The standard InChI is InChI=1S/C20H21N5O2S2/c1-3-21-19(28)24-23-17(26)12-29-20-22-15-10-6-5-9-14(15)18(27)25(20)16-11-7-4-8-13(16)2/h4-11H,3,12H2,1-2H3,(H,23,26)(H2,21,24,28). The number of carbonyl (C=O) groups is 1. The third-order valence-corrected chi connectivity index (χ3v) is 5.27. The van der Waals surface area contributed by atoms with Crippen LogP contribution in [0.1, 0.15) is 12.5 Å². The molecule has 0 spiro atoms. The molecule has 2 aromatic carbocycles. The maximum atomic E-state index is 13.2. The zero-order valence-corrected chi connectivity index (χ0v) is 17.7. The highest BCUT2D eigenvalue weighted by Gasteiger charge is 2.15. The van der Waals surface area contributed by atoms with E-state index in [0.29, 0.717) is 27.7 Å². The average Bonchev–Trinajstić information content (AvgIpc) is 2.72. The Balaban J connectivity index is 1.91. The molecule has 0 bridgehead atoms. The maximum Gasteiger partial charge on any atom is 0.266 e. The van der Waals surface area contributed by atoms with Gasteiger partial charge in [0, 0.05) is 6.54 Å². The molecule has 7 nitrogen and oxygen atoms in total. The van der Waals surface area contributed by atoms with Crippen LogP contribution in [0, 0.1) is 6.92 Å². The van der Waals surface area contributed by atoms with Crippen LogP contribution < -0.4 is 21.7 Å². The molecule has 3 aromatic rings. The van der Waals surface area contributed by atoms with Crippen LogP contribution in [0.4, 0.5) is 0 Å². The lowest BCUT2D eigenvalue weighted by Gasteiger charge is -2.15. The number of fused-ring (bicyclic) bond motifs is 1. The second kappa shape index (κ2) is 9.53. The number of thioether (sulfide) groups is 1. The zero-order chi connectivity index (χ0) is 20.8. The number of benzene rings is 2. The van der Waals surface area contributed by atoms with Gasteiger partial charge in [-0.2, -0.15) is 0 Å². The van der Waals surface area contributed by atoms with Gasteiger partial charge in [0.15, 0.2) is 10.3 Å². The first-order chi connectivity index (χ1) is 14.0. The van der Waals surface area contributed by atoms with Gasteiger partial charge in [-0.1, -0.05) is 42.1 Å². The van der Waals surface area contributed by atoms with Crippen LogP contribution in [-0.2, 0) is 4.79 Å². The van der Waals surface area contributed by atoms with Crippen molar-refractivity contribution in [2.45, 2.75) is 19.0 Å². The fourth-order valence-electron chi connectivity index (χ4n) is 2.73. The molecule has 3 N–H and O–H groups in total. The molecule has 0 radical (unpaired) electrons. The lowest BCUT2D eigenvalue weighted by atomic mass is 10.2. The Morgan fingerprint density at radius 3 is 2.62 bits per heavy atom. The van der Waals surface area contributed by atoms with Crippen molar-refractivity contribution in [3.63, 3.8) is 0 Å². The maximum absolute atomic E-state index is 13.2. The highest BCUT2D eigenvalue weighted by atomic mass is 32.2. The van der Waals surface area contributed by atoms with Crippen molar-refractivity contribution in [3.05, 3.63) is 64.4 Å². The van der Waals surface area contributed by atoms with Gasteiger partial charge in [-0.05, 0) is 49.8 Å². The minimum Gasteiger partial charge on any atom is -0.362 e. The zero-order valence-electron chi connectivity index (χ0n) is 16.1. The van der Waals surface area contributed by atoms with Crippen molar-refractivity contribution in [1.29, 1.82) is 0 Å². The second-order valence-corrected chi connectivity index (χ2v) is 7.51. The quantitative estimate of drug-likeness (QED) is 0.249. The predicted octanol–water partition coefficient (Wildman–Crippen LogP) is 2.30. The summed E-state index contributed by atoms with van der Waals surface area (Å²) in [7, 11) is 0. The molecule has 0 atom stereocenters. The van der Waals surface area contributed by atoms with Gasteiger partial charge in [0.25, 0.3) is 5.56 Å². The normalized spacial score (nSPS) is 10.6. The van der Waals surface area contributed by atoms with Gasteiger partial charge < -0.3 is 5.32 Å². The number of amides is 1. The molecule has 0 unspecified atom stereocenters. The fourth-order valence-corrected chi connectivity index (χ4v) is 3.73. The third-order valence-electron chi connectivity index (χ3n) is 4.09. The molecule has 0 saturated carbocycles. The fraction of sp³-hybridized carbons (Fsp3) is 0.200. The number of nitrogens with one attached hydrogen (secondary N) is 3. The first kappa shape index (κ1) is 20.8. The Bertz CT molecular complexity index is 1110. The van der Waals surface area contributed by atoms with Crippen molar-refractivity contribution >= 4 is 45.9 Å². The van der Waals surface area contributed by atoms with Crippen LogP contribution in [0.25, 0.3) is 16.6 Å². The van der Waals surface area contributed by atoms with Gasteiger partial charge in [-0.15, -0.1) is 0 Å². The monoisotopic (exact) mass is 427 g/mol. The van der Waals surface area contributed by atoms with Crippen LogP contribution in [0.5, 0.6) is 0 Å². The lowest BCUT2D eigenvalue weighted by Crippen LogP contribution is -2.47. The van der Waals surface area contributed by atoms with Gasteiger partial charge in [0.05, 0.1) is 22.3 Å². The van der Waals surface area contributed by atoms with Gasteiger partial charge in [-0.3, -0.25) is 25.0 Å². The summed E-state index contributed by atoms with van der Waals surface area (Å²) < 4.78 is 1.56. The number of hydrogen-bond donors (Lipinski definition) is 3. The number of nitrogens with zero attached hydrogens (tertiary/aromatic N) is 2. The Hall–Kier alpha value is -2.91. The van der Waals surface area contributed by atoms with E-state index >= 15 is 0 Å². The summed E-state index contributed by atoms with van der Waals surface area (Å²) >= 11 is 6.21. The Kier molecular flexibility index (Phi) is 6.84. The summed E-state index contributed by atoms with van der Waals surface area (Å²) in [5.41, 5.74) is 7.27. The molecular weight excluding hydrogens is 406 g/mol. The summed E-state index contributed by atoms with van der Waals surface area (Å²) in [6, 6.07) is 14.8. The van der Waals surface area contributed by atoms with Crippen LogP contribution >= 0.6 is 24.0 Å². The molecule has 150 valence electrons. The molecule has 1 aromatic heterocycles. The van der Waals surface area contributed by atoms with E-state index in [2.05, 4.69) is 21.2 Å². The Morgan fingerprint density at radius 1 is 1.14 bits per heavy atom. The molecule has 0 fully saturated rings. The van der Waals surface area contributed by atoms with Crippen molar-refractivity contribution < 1.29 is 4.79 Å². The number of hydrazine groups is 1. The molecule has 0 aliphatic rings. The number of rotatable bonds is 5. The highest BCUT2D eigenvalue weighted by Crippen LogP contribution is 2.22. The number of aromatic nitrogens is 2. The molecule has 0 aliphatic carbocycles. The van der Waals surface area contributed by atoms with E-state index in [1.807, 2.05) is 50.2 Å². The summed E-state index contributed by atoms with van der Waals surface area (Å²) in [6.45, 7) is 4.49. The summed E-state index contributed by atoms with van der Waals surface area (Å²) in [5, 5.41) is 4.20. The summed E-state index contributed by atoms with van der Waals surface area (Å²) in [6.07, 6.45) is 0. The largest absolute Gasteiger partial charge is 0.362 e. The van der Waals surface area contributed by atoms with E-state index in [0.717, 1.165) is 11.3 Å². The van der Waals surface area contributed by atoms with Crippen molar-refractivity contribution in [1.82, 2.24) is 25.7 Å².